The van der Waals surface area contributed by atoms with Gasteiger partial charge in [0, 0.05) is 6.04 Å². The van der Waals surface area contributed by atoms with Crippen LogP contribution in [0.25, 0.3) is 11.0 Å². The number of carbonyl (C=O) groups excluding carboxylic acids is 1. The van der Waals surface area contributed by atoms with Crippen molar-refractivity contribution in [2.24, 2.45) is 0 Å². The standard InChI is InChI=1S/C13H13Cl2N3O2/c1-20-12(19)9-6-8-10(14)16-13(15)17-11(8)18(9)7-4-2-3-5-7/h6-7H,2-5H2,1H3. The molecule has 7 heteroatoms. The van der Waals surface area contributed by atoms with E-state index in [0.29, 0.717) is 16.7 Å². The van der Waals surface area contributed by atoms with E-state index in [-0.39, 0.29) is 16.5 Å². The third-order valence-corrected chi connectivity index (χ3v) is 4.16. The Morgan fingerprint density at radius 3 is 2.70 bits per heavy atom. The molecule has 2 heterocycles. The minimum atomic E-state index is -0.401. The van der Waals surface area contributed by atoms with Gasteiger partial charge in [-0.1, -0.05) is 24.4 Å². The lowest BCUT2D eigenvalue weighted by Crippen LogP contribution is -2.14. The minimum absolute atomic E-state index is 0.0799. The molecule has 0 N–H and O–H groups in total. The zero-order valence-corrected chi connectivity index (χ0v) is 12.4. The Morgan fingerprint density at radius 2 is 2.05 bits per heavy atom. The molecule has 1 aliphatic carbocycles. The zero-order chi connectivity index (χ0) is 14.3. The molecule has 0 unspecified atom stereocenters. The summed E-state index contributed by atoms with van der Waals surface area (Å²) in [6.07, 6.45) is 4.29. The van der Waals surface area contributed by atoms with E-state index in [1.807, 2.05) is 4.57 Å². The van der Waals surface area contributed by atoms with Gasteiger partial charge in [-0.3, -0.25) is 0 Å². The van der Waals surface area contributed by atoms with Gasteiger partial charge in [0.25, 0.3) is 0 Å². The van der Waals surface area contributed by atoms with Crippen LogP contribution in [-0.2, 0) is 4.74 Å². The number of esters is 1. The van der Waals surface area contributed by atoms with Gasteiger partial charge in [0.1, 0.15) is 16.5 Å². The molecule has 1 fully saturated rings. The van der Waals surface area contributed by atoms with E-state index in [2.05, 4.69) is 9.97 Å². The highest BCUT2D eigenvalue weighted by Crippen LogP contribution is 2.36. The molecule has 2 aromatic rings. The first-order chi connectivity index (χ1) is 9.61. The highest BCUT2D eigenvalue weighted by atomic mass is 35.5. The fraction of sp³-hybridized carbons (Fsp3) is 0.462. The Hall–Kier alpha value is -1.33. The molecular weight excluding hydrogens is 301 g/mol. The van der Waals surface area contributed by atoms with Crippen LogP contribution in [0.5, 0.6) is 0 Å². The largest absolute Gasteiger partial charge is 0.464 e. The quantitative estimate of drug-likeness (QED) is 0.482. The molecule has 0 atom stereocenters. The van der Waals surface area contributed by atoms with Crippen molar-refractivity contribution in [2.75, 3.05) is 7.11 Å². The van der Waals surface area contributed by atoms with E-state index in [9.17, 15) is 4.79 Å². The molecule has 20 heavy (non-hydrogen) atoms. The molecule has 106 valence electrons. The number of nitrogens with zero attached hydrogens (tertiary/aromatic N) is 3. The van der Waals surface area contributed by atoms with E-state index < -0.39 is 5.97 Å². The highest BCUT2D eigenvalue weighted by Gasteiger charge is 2.27. The molecule has 3 rings (SSSR count). The van der Waals surface area contributed by atoms with Crippen molar-refractivity contribution in [3.05, 3.63) is 22.2 Å². The van der Waals surface area contributed by atoms with Crippen LogP contribution >= 0.6 is 23.2 Å². The number of carbonyl (C=O) groups is 1. The van der Waals surface area contributed by atoms with Crippen LogP contribution in [0.15, 0.2) is 6.07 Å². The number of ether oxygens (including phenoxy) is 1. The van der Waals surface area contributed by atoms with Crippen LogP contribution in [0, 0.1) is 0 Å². The number of hydrogen-bond acceptors (Lipinski definition) is 4. The number of halogens is 2. The summed E-state index contributed by atoms with van der Waals surface area (Å²) in [7, 11) is 1.36. The van der Waals surface area contributed by atoms with Gasteiger partial charge >= 0.3 is 5.97 Å². The van der Waals surface area contributed by atoms with Crippen molar-refractivity contribution in [1.29, 1.82) is 0 Å². The van der Waals surface area contributed by atoms with Crippen LogP contribution in [0.4, 0.5) is 0 Å². The second-order valence-electron chi connectivity index (χ2n) is 4.85. The topological polar surface area (TPSA) is 57.0 Å². The average molecular weight is 314 g/mol. The number of hydrogen-bond donors (Lipinski definition) is 0. The van der Waals surface area contributed by atoms with Crippen LogP contribution in [0.2, 0.25) is 10.4 Å². The summed E-state index contributed by atoms with van der Waals surface area (Å²) in [5.74, 6) is -0.401. The molecule has 1 saturated carbocycles. The molecule has 0 spiro atoms. The smallest absolute Gasteiger partial charge is 0.354 e. The summed E-state index contributed by atoms with van der Waals surface area (Å²) in [6, 6.07) is 1.90. The van der Waals surface area contributed by atoms with Crippen molar-refractivity contribution in [3.63, 3.8) is 0 Å². The second kappa shape index (κ2) is 5.22. The summed E-state index contributed by atoms with van der Waals surface area (Å²) >= 11 is 12.0. The fourth-order valence-corrected chi connectivity index (χ4v) is 3.26. The van der Waals surface area contributed by atoms with Crippen LogP contribution in [0.1, 0.15) is 42.2 Å². The molecule has 2 aromatic heterocycles. The lowest BCUT2D eigenvalue weighted by Gasteiger charge is -2.15. The fourth-order valence-electron chi connectivity index (χ4n) is 2.83. The van der Waals surface area contributed by atoms with Gasteiger partial charge < -0.3 is 9.30 Å². The highest BCUT2D eigenvalue weighted by molar-refractivity contribution is 6.35. The van der Waals surface area contributed by atoms with Crippen molar-refractivity contribution in [1.82, 2.24) is 14.5 Å². The maximum absolute atomic E-state index is 12.0. The molecule has 0 radical (unpaired) electrons. The molecule has 0 aliphatic heterocycles. The Kier molecular flexibility index (Phi) is 3.56. The summed E-state index contributed by atoms with van der Waals surface area (Å²) in [5.41, 5.74) is 1.05. The van der Waals surface area contributed by atoms with Crippen LogP contribution < -0.4 is 0 Å². The van der Waals surface area contributed by atoms with Gasteiger partial charge in [-0.25, -0.2) is 9.78 Å². The van der Waals surface area contributed by atoms with Crippen molar-refractivity contribution in [2.45, 2.75) is 31.7 Å². The van der Waals surface area contributed by atoms with Gasteiger partial charge in [0.2, 0.25) is 5.28 Å². The molecule has 1 aliphatic rings. The van der Waals surface area contributed by atoms with E-state index in [4.69, 9.17) is 27.9 Å². The minimum Gasteiger partial charge on any atom is -0.464 e. The third-order valence-electron chi connectivity index (χ3n) is 3.70. The number of methoxy groups -OCH3 is 1. The Morgan fingerprint density at radius 1 is 1.35 bits per heavy atom. The SMILES string of the molecule is COC(=O)c1cc2c(Cl)nc(Cl)nc2n1C1CCCC1. The van der Waals surface area contributed by atoms with Crippen LogP contribution in [0.3, 0.4) is 0 Å². The Labute approximate surface area is 125 Å². The summed E-state index contributed by atoms with van der Waals surface area (Å²) in [4.78, 5) is 20.2. The molecule has 0 bridgehead atoms. The van der Waals surface area contributed by atoms with Gasteiger partial charge in [0.05, 0.1) is 12.5 Å². The second-order valence-corrected chi connectivity index (χ2v) is 5.55. The molecule has 5 nitrogen and oxygen atoms in total. The van der Waals surface area contributed by atoms with Crippen molar-refractivity contribution >= 4 is 40.2 Å². The summed E-state index contributed by atoms with van der Waals surface area (Å²) in [5, 5.41) is 0.960. The molecular formula is C13H13Cl2N3O2. The Bertz CT molecular complexity index is 678. The first kappa shape index (κ1) is 13.6. The van der Waals surface area contributed by atoms with Crippen molar-refractivity contribution in [3.8, 4) is 0 Å². The van der Waals surface area contributed by atoms with Gasteiger partial charge in [-0.2, -0.15) is 4.98 Å². The third kappa shape index (κ3) is 2.15. The van der Waals surface area contributed by atoms with E-state index in [1.165, 1.54) is 7.11 Å². The van der Waals surface area contributed by atoms with Crippen LogP contribution in [-0.4, -0.2) is 27.6 Å². The zero-order valence-electron chi connectivity index (χ0n) is 10.9. The summed E-state index contributed by atoms with van der Waals surface area (Å²) in [6.45, 7) is 0. The van der Waals surface area contributed by atoms with Gasteiger partial charge in [0.15, 0.2) is 0 Å². The predicted octanol–water partition coefficient (Wildman–Crippen LogP) is 3.64. The van der Waals surface area contributed by atoms with Crippen molar-refractivity contribution < 1.29 is 9.53 Å². The monoisotopic (exact) mass is 313 g/mol. The average Bonchev–Trinajstić information content (AvgIpc) is 3.03. The normalized spacial score (nSPS) is 15.9. The maximum Gasteiger partial charge on any atom is 0.354 e. The maximum atomic E-state index is 12.0. The number of rotatable bonds is 2. The van der Waals surface area contributed by atoms with E-state index in [0.717, 1.165) is 25.7 Å². The Balaban J connectivity index is 2.28. The first-order valence-electron chi connectivity index (χ1n) is 6.44. The first-order valence-corrected chi connectivity index (χ1v) is 7.19. The number of fused-ring (bicyclic) bond motifs is 1. The molecule has 0 aromatic carbocycles. The summed E-state index contributed by atoms with van der Waals surface area (Å²) < 4.78 is 6.75. The predicted molar refractivity (Wildman–Crippen MR) is 76.4 cm³/mol. The molecule has 0 saturated heterocycles. The number of aromatic nitrogens is 3. The lowest BCUT2D eigenvalue weighted by molar-refractivity contribution is 0.0586. The van der Waals surface area contributed by atoms with E-state index >= 15 is 0 Å². The van der Waals surface area contributed by atoms with Gasteiger partial charge in [-0.15, -0.1) is 0 Å². The lowest BCUT2D eigenvalue weighted by atomic mass is 10.2. The van der Waals surface area contributed by atoms with Gasteiger partial charge in [-0.05, 0) is 30.5 Å². The molecule has 0 amide bonds. The van der Waals surface area contributed by atoms with E-state index in [1.54, 1.807) is 6.07 Å².